The highest BCUT2D eigenvalue weighted by Crippen LogP contribution is 2.56. The number of benzene rings is 2. The van der Waals surface area contributed by atoms with E-state index in [1.807, 2.05) is 6.92 Å². The van der Waals surface area contributed by atoms with Crippen molar-refractivity contribution in [1.29, 1.82) is 0 Å². The van der Waals surface area contributed by atoms with Crippen molar-refractivity contribution in [3.05, 3.63) is 65.2 Å². The maximum Gasteiger partial charge on any atom is 0.201 e. The zero-order chi connectivity index (χ0) is 22.1. The first-order valence-electron chi connectivity index (χ1n) is 11.1. The molecule has 166 valence electrons. The van der Waals surface area contributed by atoms with Gasteiger partial charge in [0.15, 0.2) is 23.2 Å². The Kier molecular flexibility index (Phi) is 6.40. The second-order valence-electron chi connectivity index (χ2n) is 8.77. The number of ether oxygens (including phenoxy) is 1. The van der Waals surface area contributed by atoms with E-state index in [1.165, 1.54) is 25.3 Å². The molecular weight excluding hydrogens is 404 g/mol. The Morgan fingerprint density at radius 3 is 2.23 bits per heavy atom. The second-order valence-corrected chi connectivity index (χ2v) is 8.77. The molecule has 0 aliphatic heterocycles. The molecule has 2 aliphatic carbocycles. The second kappa shape index (κ2) is 9.05. The minimum absolute atomic E-state index is 0.0160. The van der Waals surface area contributed by atoms with Gasteiger partial charge < -0.3 is 4.74 Å². The molecular formula is C26H28F4O. The molecule has 2 saturated carbocycles. The zero-order valence-corrected chi connectivity index (χ0v) is 17.9. The van der Waals surface area contributed by atoms with Crippen LogP contribution in [0, 0.1) is 41.0 Å². The van der Waals surface area contributed by atoms with Crippen molar-refractivity contribution >= 4 is 0 Å². The van der Waals surface area contributed by atoms with E-state index >= 15 is 8.78 Å². The highest BCUT2D eigenvalue weighted by molar-refractivity contribution is 5.66. The Balaban J connectivity index is 1.60. The van der Waals surface area contributed by atoms with Crippen LogP contribution in [-0.2, 0) is 0 Å². The monoisotopic (exact) mass is 432 g/mol. The third-order valence-corrected chi connectivity index (χ3v) is 7.36. The number of methoxy groups -OCH3 is 1. The molecule has 2 aromatic carbocycles. The molecule has 0 radical (unpaired) electrons. The number of halogens is 4. The molecule has 0 bridgehead atoms. The number of hydrogen-bond acceptors (Lipinski definition) is 1. The molecule has 0 amide bonds. The Morgan fingerprint density at radius 2 is 1.52 bits per heavy atom. The van der Waals surface area contributed by atoms with Crippen LogP contribution in [0.25, 0.3) is 11.1 Å². The SMILES string of the molecule is C/C=C/CCC1CCC2C(c3ccc(-c4ccc(OC)c(F)c4F)c(F)c3F)CCC12. The molecule has 2 aliphatic rings. The summed E-state index contributed by atoms with van der Waals surface area (Å²) in [7, 11) is 1.22. The summed E-state index contributed by atoms with van der Waals surface area (Å²) in [6, 6.07) is 5.37. The van der Waals surface area contributed by atoms with Crippen LogP contribution >= 0.6 is 0 Å². The van der Waals surface area contributed by atoms with Crippen LogP contribution in [0.2, 0.25) is 0 Å². The van der Waals surface area contributed by atoms with Crippen molar-refractivity contribution in [1.82, 2.24) is 0 Å². The highest BCUT2D eigenvalue weighted by atomic mass is 19.2. The molecule has 31 heavy (non-hydrogen) atoms. The van der Waals surface area contributed by atoms with Crippen LogP contribution in [0.15, 0.2) is 36.4 Å². The molecule has 0 N–H and O–H groups in total. The van der Waals surface area contributed by atoms with Crippen molar-refractivity contribution in [3.63, 3.8) is 0 Å². The number of hydrogen-bond donors (Lipinski definition) is 0. The molecule has 2 aromatic rings. The molecule has 4 rings (SSSR count). The van der Waals surface area contributed by atoms with E-state index in [9.17, 15) is 8.78 Å². The maximum absolute atomic E-state index is 15.2. The van der Waals surface area contributed by atoms with Gasteiger partial charge in [-0.25, -0.2) is 13.2 Å². The van der Waals surface area contributed by atoms with Gasteiger partial charge in [0.2, 0.25) is 5.82 Å². The average molecular weight is 433 g/mol. The molecule has 0 saturated heterocycles. The van der Waals surface area contributed by atoms with Crippen LogP contribution in [-0.4, -0.2) is 7.11 Å². The molecule has 4 atom stereocenters. The summed E-state index contributed by atoms with van der Waals surface area (Å²) >= 11 is 0. The zero-order valence-electron chi connectivity index (χ0n) is 17.9. The van der Waals surface area contributed by atoms with Gasteiger partial charge in [-0.1, -0.05) is 24.3 Å². The lowest BCUT2D eigenvalue weighted by atomic mass is 9.83. The number of fused-ring (bicyclic) bond motifs is 1. The van der Waals surface area contributed by atoms with Crippen LogP contribution < -0.4 is 4.74 Å². The van der Waals surface area contributed by atoms with Crippen molar-refractivity contribution in [2.45, 2.75) is 51.4 Å². The van der Waals surface area contributed by atoms with Gasteiger partial charge in [-0.3, -0.25) is 0 Å². The molecule has 0 heterocycles. The minimum atomic E-state index is -1.24. The highest BCUT2D eigenvalue weighted by Gasteiger charge is 2.45. The Bertz CT molecular complexity index is 984. The van der Waals surface area contributed by atoms with Gasteiger partial charge >= 0.3 is 0 Å². The Labute approximate surface area is 181 Å². The standard InChI is InChI=1S/C26H28F4O/c1-3-4-5-6-15-7-8-17-16(15)9-10-18(17)19-11-12-20(24(28)23(19)27)21-13-14-22(31-2)26(30)25(21)29/h3-4,11-18H,5-10H2,1-2H3/b4-3+. The largest absolute Gasteiger partial charge is 0.494 e. The first-order valence-corrected chi connectivity index (χ1v) is 11.1. The molecule has 1 nitrogen and oxygen atoms in total. The maximum atomic E-state index is 15.2. The van der Waals surface area contributed by atoms with Crippen LogP contribution in [0.1, 0.15) is 56.9 Å². The van der Waals surface area contributed by atoms with Gasteiger partial charge in [0.25, 0.3) is 0 Å². The van der Waals surface area contributed by atoms with E-state index in [0.29, 0.717) is 23.3 Å². The normalized spacial score (nSPS) is 25.4. The fraction of sp³-hybridized carbons (Fsp3) is 0.462. The van der Waals surface area contributed by atoms with Crippen molar-refractivity contribution < 1.29 is 22.3 Å². The van der Waals surface area contributed by atoms with Gasteiger partial charge in [0.1, 0.15) is 0 Å². The number of rotatable bonds is 6. The summed E-state index contributed by atoms with van der Waals surface area (Å²) in [5.74, 6) is -3.23. The lowest BCUT2D eigenvalue weighted by Crippen LogP contribution is -2.13. The number of allylic oxidation sites excluding steroid dienone is 2. The van der Waals surface area contributed by atoms with Crippen LogP contribution in [0.5, 0.6) is 5.75 Å². The average Bonchev–Trinajstić information content (AvgIpc) is 3.36. The van der Waals surface area contributed by atoms with Gasteiger partial charge in [-0.15, -0.1) is 0 Å². The summed E-state index contributed by atoms with van der Waals surface area (Å²) in [4.78, 5) is 0. The summed E-state index contributed by atoms with van der Waals surface area (Å²) in [5.41, 5.74) is -0.210. The third-order valence-electron chi connectivity index (χ3n) is 7.36. The van der Waals surface area contributed by atoms with Crippen molar-refractivity contribution in [3.8, 4) is 16.9 Å². The quantitative estimate of drug-likeness (QED) is 0.334. The smallest absolute Gasteiger partial charge is 0.201 e. The van der Waals surface area contributed by atoms with Gasteiger partial charge in [0.05, 0.1) is 7.11 Å². The van der Waals surface area contributed by atoms with Crippen LogP contribution in [0.3, 0.4) is 0 Å². The predicted octanol–water partition coefficient (Wildman–Crippen LogP) is 7.79. The van der Waals surface area contributed by atoms with Gasteiger partial charge in [-0.2, -0.15) is 4.39 Å². The molecule has 5 heteroatoms. The van der Waals surface area contributed by atoms with Crippen molar-refractivity contribution in [2.24, 2.45) is 17.8 Å². The molecule has 0 aromatic heterocycles. The topological polar surface area (TPSA) is 9.23 Å². The first-order chi connectivity index (χ1) is 15.0. The van der Waals surface area contributed by atoms with E-state index < -0.39 is 23.3 Å². The minimum Gasteiger partial charge on any atom is -0.494 e. The molecule has 2 fully saturated rings. The van der Waals surface area contributed by atoms with E-state index in [4.69, 9.17) is 4.74 Å². The van der Waals surface area contributed by atoms with Gasteiger partial charge in [-0.05, 0) is 86.8 Å². The van der Waals surface area contributed by atoms with E-state index in [2.05, 4.69) is 12.2 Å². The van der Waals surface area contributed by atoms with Gasteiger partial charge in [0, 0.05) is 11.1 Å². The fourth-order valence-electron chi connectivity index (χ4n) is 5.90. The third kappa shape index (κ3) is 3.88. The first kappa shape index (κ1) is 21.9. The Morgan fingerprint density at radius 1 is 0.839 bits per heavy atom. The fourth-order valence-corrected chi connectivity index (χ4v) is 5.90. The van der Waals surface area contributed by atoms with E-state index in [-0.39, 0.29) is 22.8 Å². The van der Waals surface area contributed by atoms with E-state index in [1.54, 1.807) is 6.07 Å². The molecule has 0 spiro atoms. The Hall–Kier alpha value is -2.30. The molecule has 4 unspecified atom stereocenters. The van der Waals surface area contributed by atoms with E-state index in [0.717, 1.165) is 38.5 Å². The van der Waals surface area contributed by atoms with Crippen LogP contribution in [0.4, 0.5) is 17.6 Å². The summed E-state index contributed by atoms with van der Waals surface area (Å²) in [6.45, 7) is 2.02. The summed E-state index contributed by atoms with van der Waals surface area (Å²) < 4.78 is 63.4. The summed E-state index contributed by atoms with van der Waals surface area (Å²) in [5, 5.41) is 0. The predicted molar refractivity (Wildman–Crippen MR) is 114 cm³/mol. The summed E-state index contributed by atoms with van der Waals surface area (Å²) in [6.07, 6.45) is 10.5. The lowest BCUT2D eigenvalue weighted by molar-refractivity contribution is 0.326. The lowest BCUT2D eigenvalue weighted by Gasteiger charge is -2.22. The van der Waals surface area contributed by atoms with Crippen molar-refractivity contribution in [2.75, 3.05) is 7.11 Å².